The van der Waals surface area contributed by atoms with Crippen LogP contribution >= 0.6 is 0 Å². The fourth-order valence-electron chi connectivity index (χ4n) is 2.02. The van der Waals surface area contributed by atoms with Crippen LogP contribution in [0.4, 0.5) is 4.39 Å². The standard InChI is InChI=1S/C15H16FNO/c1-10-2-3-11(8-14(10)16)13-6-7-18-15(13)9-17-12-4-5-12/h2-3,6-8,12,17H,4-5,9H2,1H3. The van der Waals surface area contributed by atoms with Crippen molar-refractivity contribution in [3.63, 3.8) is 0 Å². The molecule has 3 rings (SSSR count). The monoisotopic (exact) mass is 245 g/mol. The molecule has 3 heteroatoms. The van der Waals surface area contributed by atoms with E-state index in [4.69, 9.17) is 4.42 Å². The van der Waals surface area contributed by atoms with Crippen LogP contribution < -0.4 is 5.32 Å². The van der Waals surface area contributed by atoms with Gasteiger partial charge in [0.1, 0.15) is 11.6 Å². The summed E-state index contributed by atoms with van der Waals surface area (Å²) in [6.07, 6.45) is 4.15. The highest BCUT2D eigenvalue weighted by Crippen LogP contribution is 2.27. The number of halogens is 1. The fraction of sp³-hybridized carbons (Fsp3) is 0.333. The lowest BCUT2D eigenvalue weighted by atomic mass is 10.0. The Morgan fingerprint density at radius 1 is 1.33 bits per heavy atom. The van der Waals surface area contributed by atoms with Crippen LogP contribution in [-0.4, -0.2) is 6.04 Å². The molecule has 1 aliphatic carbocycles. The minimum Gasteiger partial charge on any atom is -0.467 e. The van der Waals surface area contributed by atoms with Crippen LogP contribution in [0.25, 0.3) is 11.1 Å². The van der Waals surface area contributed by atoms with E-state index in [9.17, 15) is 4.39 Å². The number of benzene rings is 1. The molecule has 2 aromatic rings. The van der Waals surface area contributed by atoms with E-state index in [-0.39, 0.29) is 5.82 Å². The van der Waals surface area contributed by atoms with Gasteiger partial charge >= 0.3 is 0 Å². The molecule has 0 saturated heterocycles. The van der Waals surface area contributed by atoms with Crippen molar-refractivity contribution in [2.24, 2.45) is 0 Å². The van der Waals surface area contributed by atoms with Crippen molar-refractivity contribution in [1.82, 2.24) is 5.32 Å². The van der Waals surface area contributed by atoms with Crippen LogP contribution in [0.2, 0.25) is 0 Å². The number of hydrogen-bond donors (Lipinski definition) is 1. The Morgan fingerprint density at radius 2 is 2.17 bits per heavy atom. The fourth-order valence-corrected chi connectivity index (χ4v) is 2.02. The highest BCUT2D eigenvalue weighted by atomic mass is 19.1. The van der Waals surface area contributed by atoms with E-state index in [0.717, 1.165) is 16.9 Å². The van der Waals surface area contributed by atoms with Gasteiger partial charge in [0.25, 0.3) is 0 Å². The van der Waals surface area contributed by atoms with Crippen molar-refractivity contribution in [3.8, 4) is 11.1 Å². The maximum Gasteiger partial charge on any atom is 0.126 e. The van der Waals surface area contributed by atoms with Gasteiger partial charge in [-0.25, -0.2) is 4.39 Å². The second kappa shape index (κ2) is 4.58. The van der Waals surface area contributed by atoms with Crippen molar-refractivity contribution in [2.75, 3.05) is 0 Å². The zero-order valence-corrected chi connectivity index (χ0v) is 10.4. The predicted molar refractivity (Wildman–Crippen MR) is 68.7 cm³/mol. The SMILES string of the molecule is Cc1ccc(-c2ccoc2CNC2CC2)cc1F. The van der Waals surface area contributed by atoms with Crippen LogP contribution in [0.3, 0.4) is 0 Å². The first-order chi connectivity index (χ1) is 8.74. The summed E-state index contributed by atoms with van der Waals surface area (Å²) < 4.78 is 19.1. The summed E-state index contributed by atoms with van der Waals surface area (Å²) in [6, 6.07) is 7.84. The minimum atomic E-state index is -0.171. The molecule has 0 aliphatic heterocycles. The molecular formula is C15H16FNO. The molecule has 18 heavy (non-hydrogen) atoms. The van der Waals surface area contributed by atoms with Crippen LogP contribution in [0, 0.1) is 12.7 Å². The molecule has 0 atom stereocenters. The van der Waals surface area contributed by atoms with Gasteiger partial charge in [-0.3, -0.25) is 0 Å². The largest absolute Gasteiger partial charge is 0.467 e. The van der Waals surface area contributed by atoms with Gasteiger partial charge in [-0.2, -0.15) is 0 Å². The Hall–Kier alpha value is -1.61. The van der Waals surface area contributed by atoms with Gasteiger partial charge in [0.2, 0.25) is 0 Å². The van der Waals surface area contributed by atoms with Gasteiger partial charge in [-0.1, -0.05) is 12.1 Å². The zero-order valence-electron chi connectivity index (χ0n) is 10.4. The third-order valence-corrected chi connectivity index (χ3v) is 3.36. The normalized spacial score (nSPS) is 15.0. The topological polar surface area (TPSA) is 25.2 Å². The third kappa shape index (κ3) is 2.31. The molecule has 2 nitrogen and oxygen atoms in total. The first kappa shape index (κ1) is 11.5. The molecule has 0 radical (unpaired) electrons. The lowest BCUT2D eigenvalue weighted by Gasteiger charge is -2.05. The molecule has 0 unspecified atom stereocenters. The molecule has 0 amide bonds. The highest BCUT2D eigenvalue weighted by Gasteiger charge is 2.21. The highest BCUT2D eigenvalue weighted by molar-refractivity contribution is 5.65. The van der Waals surface area contributed by atoms with Crippen LogP contribution in [-0.2, 0) is 6.54 Å². The summed E-state index contributed by atoms with van der Waals surface area (Å²) in [4.78, 5) is 0. The van der Waals surface area contributed by atoms with Crippen molar-refractivity contribution in [1.29, 1.82) is 0 Å². The number of furan rings is 1. The van der Waals surface area contributed by atoms with Gasteiger partial charge in [0.05, 0.1) is 12.8 Å². The van der Waals surface area contributed by atoms with Crippen molar-refractivity contribution in [2.45, 2.75) is 32.4 Å². The Bertz CT molecular complexity index is 557. The van der Waals surface area contributed by atoms with E-state index in [1.165, 1.54) is 12.8 Å². The summed E-state index contributed by atoms with van der Waals surface area (Å²) >= 11 is 0. The van der Waals surface area contributed by atoms with E-state index in [1.807, 2.05) is 12.1 Å². The van der Waals surface area contributed by atoms with Gasteiger partial charge < -0.3 is 9.73 Å². The molecule has 1 heterocycles. The first-order valence-corrected chi connectivity index (χ1v) is 6.30. The third-order valence-electron chi connectivity index (χ3n) is 3.36. The second-order valence-electron chi connectivity index (χ2n) is 4.88. The Labute approximate surface area is 106 Å². The maximum absolute atomic E-state index is 13.6. The van der Waals surface area contributed by atoms with Crippen LogP contribution in [0.15, 0.2) is 34.9 Å². The molecule has 1 fully saturated rings. The van der Waals surface area contributed by atoms with Gasteiger partial charge in [-0.15, -0.1) is 0 Å². The van der Waals surface area contributed by atoms with Crippen LogP contribution in [0.1, 0.15) is 24.2 Å². The Kier molecular flexibility index (Phi) is 2.92. The predicted octanol–water partition coefficient (Wildman–Crippen LogP) is 3.65. The second-order valence-corrected chi connectivity index (χ2v) is 4.88. The van der Waals surface area contributed by atoms with Crippen LogP contribution in [0.5, 0.6) is 0 Å². The van der Waals surface area contributed by atoms with Crippen molar-refractivity contribution in [3.05, 3.63) is 47.7 Å². The van der Waals surface area contributed by atoms with E-state index in [2.05, 4.69) is 5.32 Å². The first-order valence-electron chi connectivity index (χ1n) is 6.30. The Morgan fingerprint density at radius 3 is 2.89 bits per heavy atom. The number of rotatable bonds is 4. The minimum absolute atomic E-state index is 0.171. The summed E-state index contributed by atoms with van der Waals surface area (Å²) in [6.45, 7) is 2.48. The molecule has 0 bridgehead atoms. The van der Waals surface area contributed by atoms with Gasteiger partial charge in [0, 0.05) is 11.6 Å². The molecule has 1 aromatic heterocycles. The molecular weight excluding hydrogens is 229 g/mol. The zero-order chi connectivity index (χ0) is 12.5. The van der Waals surface area contributed by atoms with Gasteiger partial charge in [0.15, 0.2) is 0 Å². The molecule has 1 N–H and O–H groups in total. The van der Waals surface area contributed by atoms with Crippen molar-refractivity contribution < 1.29 is 8.81 Å². The Balaban J connectivity index is 1.85. The average molecular weight is 245 g/mol. The smallest absolute Gasteiger partial charge is 0.126 e. The molecule has 1 aliphatic rings. The van der Waals surface area contributed by atoms with E-state index < -0.39 is 0 Å². The van der Waals surface area contributed by atoms with E-state index in [1.54, 1.807) is 25.3 Å². The molecule has 94 valence electrons. The molecule has 1 aromatic carbocycles. The number of nitrogens with one attached hydrogen (secondary N) is 1. The van der Waals surface area contributed by atoms with Crippen molar-refractivity contribution >= 4 is 0 Å². The van der Waals surface area contributed by atoms with E-state index in [0.29, 0.717) is 18.2 Å². The van der Waals surface area contributed by atoms with E-state index >= 15 is 0 Å². The quantitative estimate of drug-likeness (QED) is 0.889. The maximum atomic E-state index is 13.6. The number of hydrogen-bond acceptors (Lipinski definition) is 2. The summed E-state index contributed by atoms with van der Waals surface area (Å²) in [5, 5.41) is 3.41. The average Bonchev–Trinajstić information content (AvgIpc) is 3.08. The molecule has 1 saturated carbocycles. The number of aryl methyl sites for hydroxylation is 1. The lowest BCUT2D eigenvalue weighted by molar-refractivity contribution is 0.483. The van der Waals surface area contributed by atoms with Gasteiger partial charge in [-0.05, 0) is 43.0 Å². The summed E-state index contributed by atoms with van der Waals surface area (Å²) in [5.74, 6) is 0.708. The summed E-state index contributed by atoms with van der Waals surface area (Å²) in [5.41, 5.74) is 2.52. The lowest BCUT2D eigenvalue weighted by Crippen LogP contribution is -2.15. The molecule has 0 spiro atoms. The summed E-state index contributed by atoms with van der Waals surface area (Å²) in [7, 11) is 0.